The molecule has 1 aliphatic rings. The molecule has 1 saturated heterocycles. The molecule has 1 aromatic carbocycles. The summed E-state index contributed by atoms with van der Waals surface area (Å²) in [5, 5.41) is 11.2. The summed E-state index contributed by atoms with van der Waals surface area (Å²) >= 11 is 0. The standard InChI is InChI=1S/C16H21N7O/c1-21(2)14-5-3-13(4-6-14)18-16-19-15(11-17-20-16)23-9-7-22(12-24)8-10-23/h3-6,11-12H,7-10H2,1-2H3,(H,18,19,20). The van der Waals surface area contributed by atoms with Gasteiger partial charge >= 0.3 is 0 Å². The number of nitrogens with one attached hydrogen (secondary N) is 1. The van der Waals surface area contributed by atoms with Crippen molar-refractivity contribution in [1.29, 1.82) is 0 Å². The normalized spacial score (nSPS) is 14.4. The third-order valence-corrected chi connectivity index (χ3v) is 3.97. The molecule has 2 aromatic rings. The predicted molar refractivity (Wildman–Crippen MR) is 93.7 cm³/mol. The zero-order valence-corrected chi connectivity index (χ0v) is 13.9. The fourth-order valence-electron chi connectivity index (χ4n) is 2.53. The number of aromatic nitrogens is 3. The molecule has 24 heavy (non-hydrogen) atoms. The van der Waals surface area contributed by atoms with Crippen LogP contribution in [0.15, 0.2) is 30.5 Å². The van der Waals surface area contributed by atoms with Gasteiger partial charge in [-0.25, -0.2) is 0 Å². The molecule has 0 atom stereocenters. The molecule has 8 nitrogen and oxygen atoms in total. The molecule has 0 radical (unpaired) electrons. The van der Waals surface area contributed by atoms with Gasteiger partial charge in [0.15, 0.2) is 5.82 Å². The highest BCUT2D eigenvalue weighted by molar-refractivity contribution is 5.59. The van der Waals surface area contributed by atoms with Crippen molar-refractivity contribution in [1.82, 2.24) is 20.1 Å². The van der Waals surface area contributed by atoms with Gasteiger partial charge in [0.05, 0.1) is 6.20 Å². The predicted octanol–water partition coefficient (Wildman–Crippen LogP) is 0.960. The van der Waals surface area contributed by atoms with Gasteiger partial charge < -0.3 is 20.0 Å². The second-order valence-corrected chi connectivity index (χ2v) is 5.83. The minimum Gasteiger partial charge on any atom is -0.378 e. The molecule has 0 spiro atoms. The summed E-state index contributed by atoms with van der Waals surface area (Å²) < 4.78 is 0. The molecule has 0 unspecified atom stereocenters. The largest absolute Gasteiger partial charge is 0.378 e. The summed E-state index contributed by atoms with van der Waals surface area (Å²) in [6, 6.07) is 8.01. The van der Waals surface area contributed by atoms with Crippen LogP contribution in [0.1, 0.15) is 0 Å². The van der Waals surface area contributed by atoms with E-state index in [-0.39, 0.29) is 0 Å². The first-order valence-electron chi connectivity index (χ1n) is 7.84. The molecule has 1 aliphatic heterocycles. The number of anilines is 4. The Labute approximate surface area is 141 Å². The first-order chi connectivity index (χ1) is 11.7. The SMILES string of the molecule is CN(C)c1ccc(Nc2nncc(N3CCN(C=O)CC3)n2)cc1. The van der Waals surface area contributed by atoms with Crippen LogP contribution in [0.5, 0.6) is 0 Å². The lowest BCUT2D eigenvalue weighted by Gasteiger charge is -2.33. The van der Waals surface area contributed by atoms with E-state index in [1.165, 1.54) is 0 Å². The highest BCUT2D eigenvalue weighted by Crippen LogP contribution is 2.19. The molecular formula is C16H21N7O. The molecule has 2 heterocycles. The maximum atomic E-state index is 10.8. The van der Waals surface area contributed by atoms with Crippen molar-refractivity contribution < 1.29 is 4.79 Å². The molecule has 0 bridgehead atoms. The maximum absolute atomic E-state index is 10.8. The Hall–Kier alpha value is -2.90. The number of hydrogen-bond acceptors (Lipinski definition) is 7. The molecule has 3 rings (SSSR count). The van der Waals surface area contributed by atoms with Crippen LogP contribution in [0, 0.1) is 0 Å². The van der Waals surface area contributed by atoms with Crippen LogP contribution >= 0.6 is 0 Å². The molecule has 1 aromatic heterocycles. The van der Waals surface area contributed by atoms with Gasteiger partial charge in [-0.1, -0.05) is 0 Å². The third-order valence-electron chi connectivity index (χ3n) is 3.97. The monoisotopic (exact) mass is 327 g/mol. The molecule has 0 aliphatic carbocycles. The van der Waals surface area contributed by atoms with E-state index in [9.17, 15) is 4.79 Å². The molecule has 1 amide bonds. The van der Waals surface area contributed by atoms with Crippen LogP contribution in [-0.4, -0.2) is 66.8 Å². The van der Waals surface area contributed by atoms with Gasteiger partial charge in [-0.05, 0) is 24.3 Å². The third kappa shape index (κ3) is 3.70. The van der Waals surface area contributed by atoms with Crippen LogP contribution in [0.25, 0.3) is 0 Å². The second kappa shape index (κ2) is 7.12. The number of piperazine rings is 1. The Morgan fingerprint density at radius 3 is 2.46 bits per heavy atom. The lowest BCUT2D eigenvalue weighted by atomic mass is 10.2. The molecule has 1 N–H and O–H groups in total. The van der Waals surface area contributed by atoms with Crippen molar-refractivity contribution >= 4 is 29.6 Å². The topological polar surface area (TPSA) is 77.5 Å². The first-order valence-corrected chi connectivity index (χ1v) is 7.84. The van der Waals surface area contributed by atoms with Crippen molar-refractivity contribution in [3.63, 3.8) is 0 Å². The Kier molecular flexibility index (Phi) is 4.74. The number of benzene rings is 1. The van der Waals surface area contributed by atoms with E-state index in [2.05, 4.69) is 25.4 Å². The zero-order valence-electron chi connectivity index (χ0n) is 13.9. The Morgan fingerprint density at radius 2 is 1.83 bits per heavy atom. The highest BCUT2D eigenvalue weighted by Gasteiger charge is 2.17. The minimum atomic E-state index is 0.461. The van der Waals surface area contributed by atoms with Gasteiger partial charge in [0.1, 0.15) is 0 Å². The molecule has 0 saturated carbocycles. The highest BCUT2D eigenvalue weighted by atomic mass is 16.1. The van der Waals surface area contributed by atoms with Crippen molar-refractivity contribution in [2.24, 2.45) is 0 Å². The molecular weight excluding hydrogens is 306 g/mol. The van der Waals surface area contributed by atoms with Crippen LogP contribution in [0.3, 0.4) is 0 Å². The zero-order chi connectivity index (χ0) is 16.9. The second-order valence-electron chi connectivity index (χ2n) is 5.83. The lowest BCUT2D eigenvalue weighted by molar-refractivity contribution is -0.118. The summed E-state index contributed by atoms with van der Waals surface area (Å²) in [5.74, 6) is 1.23. The Bertz CT molecular complexity index is 681. The van der Waals surface area contributed by atoms with Crippen molar-refractivity contribution in [2.75, 3.05) is 55.4 Å². The fraction of sp³-hybridized carbons (Fsp3) is 0.375. The van der Waals surface area contributed by atoms with Gasteiger partial charge in [-0.15, -0.1) is 5.10 Å². The first kappa shape index (κ1) is 16.0. The lowest BCUT2D eigenvalue weighted by Crippen LogP contribution is -2.46. The fourth-order valence-corrected chi connectivity index (χ4v) is 2.53. The summed E-state index contributed by atoms with van der Waals surface area (Å²) in [6.45, 7) is 2.88. The molecule has 1 fully saturated rings. The van der Waals surface area contributed by atoms with Gasteiger partial charge in [0.25, 0.3) is 0 Å². The van der Waals surface area contributed by atoms with E-state index in [0.29, 0.717) is 19.0 Å². The number of hydrogen-bond donors (Lipinski definition) is 1. The van der Waals surface area contributed by atoms with Crippen LogP contribution in [0.2, 0.25) is 0 Å². The summed E-state index contributed by atoms with van der Waals surface area (Å²) in [6.07, 6.45) is 2.54. The minimum absolute atomic E-state index is 0.461. The number of carbonyl (C=O) groups excluding carboxylic acids is 1. The average molecular weight is 327 g/mol. The number of nitrogens with zero attached hydrogens (tertiary/aromatic N) is 6. The van der Waals surface area contributed by atoms with E-state index >= 15 is 0 Å². The molecule has 126 valence electrons. The number of rotatable bonds is 5. The van der Waals surface area contributed by atoms with E-state index < -0.39 is 0 Å². The van der Waals surface area contributed by atoms with E-state index in [0.717, 1.165) is 36.7 Å². The van der Waals surface area contributed by atoms with Crippen LogP contribution in [-0.2, 0) is 4.79 Å². The van der Waals surface area contributed by atoms with E-state index in [1.807, 2.05) is 43.3 Å². The van der Waals surface area contributed by atoms with E-state index in [4.69, 9.17) is 0 Å². The van der Waals surface area contributed by atoms with Gasteiger partial charge in [-0.3, -0.25) is 4.79 Å². The Balaban J connectivity index is 1.68. The quantitative estimate of drug-likeness (QED) is 0.820. The van der Waals surface area contributed by atoms with E-state index in [1.54, 1.807) is 11.1 Å². The van der Waals surface area contributed by atoms with Crippen molar-refractivity contribution in [3.8, 4) is 0 Å². The van der Waals surface area contributed by atoms with Crippen molar-refractivity contribution in [2.45, 2.75) is 0 Å². The summed E-state index contributed by atoms with van der Waals surface area (Å²) in [4.78, 5) is 21.2. The van der Waals surface area contributed by atoms with Crippen LogP contribution < -0.4 is 15.1 Å². The smallest absolute Gasteiger partial charge is 0.249 e. The number of amides is 1. The summed E-state index contributed by atoms with van der Waals surface area (Å²) in [5.41, 5.74) is 2.03. The number of carbonyl (C=O) groups is 1. The average Bonchev–Trinajstić information content (AvgIpc) is 2.62. The van der Waals surface area contributed by atoms with Crippen LogP contribution in [0.4, 0.5) is 23.1 Å². The molecule has 8 heteroatoms. The van der Waals surface area contributed by atoms with Gasteiger partial charge in [0.2, 0.25) is 12.4 Å². The van der Waals surface area contributed by atoms with Gasteiger partial charge in [0, 0.05) is 51.6 Å². The maximum Gasteiger partial charge on any atom is 0.249 e. The Morgan fingerprint density at radius 1 is 1.12 bits per heavy atom. The van der Waals surface area contributed by atoms with Crippen molar-refractivity contribution in [3.05, 3.63) is 30.5 Å². The van der Waals surface area contributed by atoms with Gasteiger partial charge in [-0.2, -0.15) is 10.1 Å². The summed E-state index contributed by atoms with van der Waals surface area (Å²) in [7, 11) is 4.01.